The second-order valence-electron chi connectivity index (χ2n) is 4.73. The van der Waals surface area contributed by atoms with Crippen LogP contribution in [0.1, 0.15) is 5.69 Å². The number of hydrazone groups is 1. The van der Waals surface area contributed by atoms with Crippen LogP contribution in [0.4, 0.5) is 5.69 Å². The van der Waals surface area contributed by atoms with E-state index in [9.17, 15) is 0 Å². The van der Waals surface area contributed by atoms with E-state index in [0.29, 0.717) is 10.2 Å². The third-order valence-corrected chi connectivity index (χ3v) is 4.60. The molecule has 4 aromatic rings. The highest BCUT2D eigenvalue weighted by Gasteiger charge is 2.09. The number of nitrogens with one attached hydrogen (secondary N) is 1. The molecule has 1 aromatic carbocycles. The minimum atomic E-state index is 0.425. The zero-order chi connectivity index (χ0) is 15.8. The lowest BCUT2D eigenvalue weighted by atomic mass is 10.2. The first-order chi connectivity index (χ1) is 11.2. The van der Waals surface area contributed by atoms with Gasteiger partial charge in [0.15, 0.2) is 10.1 Å². The number of rotatable bonds is 3. The molecule has 0 spiro atoms. The van der Waals surface area contributed by atoms with Crippen molar-refractivity contribution < 1.29 is 0 Å². The molecule has 114 valence electrons. The molecule has 0 radical (unpaired) electrons. The monoisotopic (exact) mass is 361 g/mol. The molecule has 1 N–H and O–H groups in total. The molecule has 0 aliphatic heterocycles. The highest BCUT2D eigenvalue weighted by atomic mass is 35.5. The van der Waals surface area contributed by atoms with E-state index in [1.165, 1.54) is 11.3 Å². The Morgan fingerprint density at radius 3 is 3.09 bits per heavy atom. The van der Waals surface area contributed by atoms with Crippen LogP contribution in [0.25, 0.3) is 15.9 Å². The summed E-state index contributed by atoms with van der Waals surface area (Å²) in [6, 6.07) is 7.40. The predicted molar refractivity (Wildman–Crippen MR) is 96.0 cm³/mol. The van der Waals surface area contributed by atoms with Crippen molar-refractivity contribution in [2.24, 2.45) is 5.10 Å². The normalized spacial score (nSPS) is 11.7. The summed E-state index contributed by atoms with van der Waals surface area (Å²) in [6.45, 7) is 0. The number of imidazole rings is 1. The Morgan fingerprint density at radius 2 is 2.17 bits per heavy atom. The molecule has 4 rings (SSSR count). The Labute approximate surface area is 145 Å². The van der Waals surface area contributed by atoms with E-state index in [-0.39, 0.29) is 0 Å². The quantitative estimate of drug-likeness (QED) is 0.425. The summed E-state index contributed by atoms with van der Waals surface area (Å²) in [7, 11) is 0. The lowest BCUT2D eigenvalue weighted by molar-refractivity contribution is 1.21. The minimum absolute atomic E-state index is 0.425. The van der Waals surface area contributed by atoms with Crippen LogP contribution in [-0.2, 0) is 0 Å². The van der Waals surface area contributed by atoms with Gasteiger partial charge in [-0.15, -0.1) is 11.3 Å². The average molecular weight is 362 g/mol. The second kappa shape index (κ2) is 5.81. The smallest absolute Gasteiger partial charge is 0.195 e. The fourth-order valence-corrected chi connectivity index (χ4v) is 3.43. The van der Waals surface area contributed by atoms with Crippen LogP contribution in [-0.4, -0.2) is 20.6 Å². The number of thiazole rings is 1. The van der Waals surface area contributed by atoms with E-state index in [0.717, 1.165) is 27.2 Å². The molecule has 8 heteroatoms. The molecule has 0 atom stereocenters. The van der Waals surface area contributed by atoms with Crippen LogP contribution in [0.15, 0.2) is 47.1 Å². The summed E-state index contributed by atoms with van der Waals surface area (Å²) in [5, 5.41) is 8.23. The van der Waals surface area contributed by atoms with Crippen LogP contribution in [0.2, 0.25) is 10.2 Å². The number of aromatic nitrogens is 3. The lowest BCUT2D eigenvalue weighted by Crippen LogP contribution is -1.95. The number of anilines is 1. The molecule has 0 bridgehead atoms. The van der Waals surface area contributed by atoms with Crippen LogP contribution in [0.3, 0.4) is 0 Å². The molecule has 3 aromatic heterocycles. The van der Waals surface area contributed by atoms with E-state index >= 15 is 0 Å². The van der Waals surface area contributed by atoms with Crippen molar-refractivity contribution >= 4 is 62.3 Å². The van der Waals surface area contributed by atoms with Gasteiger partial charge < -0.3 is 0 Å². The van der Waals surface area contributed by atoms with Crippen LogP contribution in [0, 0.1) is 0 Å². The van der Waals surface area contributed by atoms with Gasteiger partial charge in [-0.3, -0.25) is 14.8 Å². The summed E-state index contributed by atoms with van der Waals surface area (Å²) in [6.07, 6.45) is 5.26. The number of hydrogen-bond acceptors (Lipinski definition) is 5. The highest BCUT2D eigenvalue weighted by molar-refractivity contribution is 7.15. The molecule has 23 heavy (non-hydrogen) atoms. The summed E-state index contributed by atoms with van der Waals surface area (Å²) < 4.78 is 1.89. The van der Waals surface area contributed by atoms with Gasteiger partial charge >= 0.3 is 0 Å². The van der Waals surface area contributed by atoms with Crippen molar-refractivity contribution in [1.29, 1.82) is 0 Å². The van der Waals surface area contributed by atoms with Crippen molar-refractivity contribution in [3.8, 4) is 0 Å². The molecule has 0 aliphatic carbocycles. The summed E-state index contributed by atoms with van der Waals surface area (Å²) in [5.74, 6) is 0. The third-order valence-electron chi connectivity index (χ3n) is 3.33. The Morgan fingerprint density at radius 1 is 1.26 bits per heavy atom. The number of hydrogen-bond donors (Lipinski definition) is 1. The Kier molecular flexibility index (Phi) is 3.65. The predicted octanol–water partition coefficient (Wildman–Crippen LogP) is 4.70. The first kappa shape index (κ1) is 14.4. The van der Waals surface area contributed by atoms with E-state index in [1.54, 1.807) is 12.4 Å². The zero-order valence-electron chi connectivity index (χ0n) is 11.6. The first-order valence-electron chi connectivity index (χ1n) is 6.67. The Balaban J connectivity index is 1.66. The molecule has 0 saturated carbocycles. The number of nitrogens with zero attached hydrogens (tertiary/aromatic N) is 4. The van der Waals surface area contributed by atoms with Crippen molar-refractivity contribution in [2.45, 2.75) is 0 Å². The summed E-state index contributed by atoms with van der Waals surface area (Å²) in [5.41, 5.74) is 5.40. The maximum absolute atomic E-state index is 6.13. The average Bonchev–Trinajstić information content (AvgIpc) is 3.09. The Bertz CT molecular complexity index is 1040. The maximum atomic E-state index is 6.13. The molecule has 0 amide bonds. The molecule has 0 unspecified atom stereocenters. The van der Waals surface area contributed by atoms with Crippen molar-refractivity contribution in [1.82, 2.24) is 14.4 Å². The molecular weight excluding hydrogens is 353 g/mol. The molecule has 0 saturated heterocycles. The molecule has 0 fully saturated rings. The van der Waals surface area contributed by atoms with Gasteiger partial charge in [-0.25, -0.2) is 4.98 Å². The highest BCUT2D eigenvalue weighted by Crippen LogP contribution is 2.24. The van der Waals surface area contributed by atoms with Gasteiger partial charge in [0.25, 0.3) is 0 Å². The zero-order valence-corrected chi connectivity index (χ0v) is 13.9. The van der Waals surface area contributed by atoms with Gasteiger partial charge in [-0.1, -0.05) is 23.2 Å². The van der Waals surface area contributed by atoms with Crippen molar-refractivity contribution in [3.05, 3.63) is 57.9 Å². The number of halogens is 2. The topological polar surface area (TPSA) is 54.6 Å². The molecular formula is C15H9Cl2N5S. The fraction of sp³-hybridized carbons (Fsp3) is 0. The van der Waals surface area contributed by atoms with E-state index in [1.807, 2.05) is 40.2 Å². The van der Waals surface area contributed by atoms with Crippen LogP contribution < -0.4 is 5.43 Å². The van der Waals surface area contributed by atoms with Gasteiger partial charge in [-0.2, -0.15) is 5.10 Å². The van der Waals surface area contributed by atoms with Crippen LogP contribution in [0.5, 0.6) is 0 Å². The fourth-order valence-electron chi connectivity index (χ4n) is 2.27. The standard InChI is InChI=1S/C15H9Cl2N5S/c16-9-1-2-10-11(3-4-18-12(10)7-9)21-19-8-13-14(17)20-15-22(13)5-6-23-15/h1-8H,(H,18,21)/b19-8+. The van der Waals surface area contributed by atoms with Gasteiger partial charge in [0.1, 0.15) is 5.69 Å². The van der Waals surface area contributed by atoms with Gasteiger partial charge in [0.2, 0.25) is 0 Å². The SMILES string of the molecule is Clc1ccc2c(N/N=C/c3c(Cl)nc4sccn34)ccnc2c1. The van der Waals surface area contributed by atoms with E-state index < -0.39 is 0 Å². The number of benzene rings is 1. The second-order valence-corrected chi connectivity index (χ2v) is 6.40. The van der Waals surface area contributed by atoms with Gasteiger partial charge in [0.05, 0.1) is 17.4 Å². The minimum Gasteiger partial charge on any atom is -0.288 e. The number of pyridine rings is 1. The molecule has 0 aliphatic rings. The van der Waals surface area contributed by atoms with E-state index in [2.05, 4.69) is 20.5 Å². The van der Waals surface area contributed by atoms with Gasteiger partial charge in [-0.05, 0) is 24.3 Å². The lowest BCUT2D eigenvalue weighted by Gasteiger charge is -2.05. The van der Waals surface area contributed by atoms with Crippen molar-refractivity contribution in [3.63, 3.8) is 0 Å². The number of fused-ring (bicyclic) bond motifs is 2. The third kappa shape index (κ3) is 2.65. The Hall–Kier alpha value is -2.15. The summed E-state index contributed by atoms with van der Waals surface area (Å²) in [4.78, 5) is 9.39. The molecule has 5 nitrogen and oxygen atoms in total. The summed E-state index contributed by atoms with van der Waals surface area (Å²) >= 11 is 13.6. The van der Waals surface area contributed by atoms with Gasteiger partial charge in [0, 0.05) is 28.2 Å². The van der Waals surface area contributed by atoms with Crippen molar-refractivity contribution in [2.75, 3.05) is 5.43 Å². The van der Waals surface area contributed by atoms with E-state index in [4.69, 9.17) is 23.2 Å². The largest absolute Gasteiger partial charge is 0.288 e. The maximum Gasteiger partial charge on any atom is 0.195 e. The molecule has 3 heterocycles. The van der Waals surface area contributed by atoms with Crippen LogP contribution >= 0.6 is 34.5 Å². The first-order valence-corrected chi connectivity index (χ1v) is 8.30.